The fourth-order valence-electron chi connectivity index (χ4n) is 3.25. The van der Waals surface area contributed by atoms with Gasteiger partial charge in [0.05, 0.1) is 12.2 Å². The molecule has 0 spiro atoms. The molecule has 2 heteroatoms. The van der Waals surface area contributed by atoms with E-state index in [-0.39, 0.29) is 0 Å². The Balaban J connectivity index is 2.48. The lowest BCUT2D eigenvalue weighted by molar-refractivity contribution is -0.0800. The maximum Gasteiger partial charge on any atom is 0.0700 e. The molecule has 2 nitrogen and oxygen atoms in total. The van der Waals surface area contributed by atoms with Crippen LogP contribution in [0.15, 0.2) is 0 Å². The molecule has 4 unspecified atom stereocenters. The Kier molecular flexibility index (Phi) is 8.01. The van der Waals surface area contributed by atoms with E-state index in [2.05, 4.69) is 39.9 Å². The molecule has 0 aliphatic heterocycles. The molecule has 0 saturated heterocycles. The third kappa shape index (κ3) is 5.83. The van der Waals surface area contributed by atoms with Gasteiger partial charge in [0.2, 0.25) is 0 Å². The molecule has 0 radical (unpaired) electrons. The Hall–Kier alpha value is -0.0800. The quantitative estimate of drug-likeness (QED) is 0.665. The maximum absolute atomic E-state index is 6.47. The topological polar surface area (TPSA) is 21.3 Å². The maximum atomic E-state index is 6.47. The van der Waals surface area contributed by atoms with E-state index in [4.69, 9.17) is 4.74 Å². The number of nitrogens with one attached hydrogen (secondary N) is 1. The first-order chi connectivity index (χ1) is 9.08. The van der Waals surface area contributed by atoms with E-state index < -0.39 is 0 Å². The van der Waals surface area contributed by atoms with Crippen LogP contribution < -0.4 is 5.32 Å². The summed E-state index contributed by atoms with van der Waals surface area (Å²) in [5.41, 5.74) is 0. The molecule has 1 aliphatic carbocycles. The van der Waals surface area contributed by atoms with Crippen molar-refractivity contribution < 1.29 is 4.74 Å². The molecule has 1 aliphatic rings. The van der Waals surface area contributed by atoms with Gasteiger partial charge in [-0.15, -0.1) is 0 Å². The fourth-order valence-corrected chi connectivity index (χ4v) is 3.25. The van der Waals surface area contributed by atoms with Crippen LogP contribution >= 0.6 is 0 Å². The largest absolute Gasteiger partial charge is 0.373 e. The van der Waals surface area contributed by atoms with Crippen LogP contribution in [0.3, 0.4) is 0 Å². The minimum Gasteiger partial charge on any atom is -0.373 e. The van der Waals surface area contributed by atoms with Gasteiger partial charge in [-0.3, -0.25) is 0 Å². The van der Waals surface area contributed by atoms with Crippen molar-refractivity contribution in [3.8, 4) is 0 Å². The van der Waals surface area contributed by atoms with Gasteiger partial charge >= 0.3 is 0 Å². The van der Waals surface area contributed by atoms with Crippen molar-refractivity contribution in [2.45, 2.75) is 78.9 Å². The second-order valence-electron chi connectivity index (χ2n) is 6.74. The summed E-state index contributed by atoms with van der Waals surface area (Å²) < 4.78 is 6.47. The fraction of sp³-hybridized carbons (Fsp3) is 1.00. The highest BCUT2D eigenvalue weighted by Crippen LogP contribution is 2.36. The van der Waals surface area contributed by atoms with Gasteiger partial charge < -0.3 is 10.1 Å². The highest BCUT2D eigenvalue weighted by atomic mass is 16.5. The van der Waals surface area contributed by atoms with Crippen molar-refractivity contribution in [3.05, 3.63) is 0 Å². The Morgan fingerprint density at radius 1 is 1.21 bits per heavy atom. The molecule has 114 valence electrons. The molecule has 0 heterocycles. The highest BCUT2D eigenvalue weighted by Gasteiger charge is 2.32. The summed E-state index contributed by atoms with van der Waals surface area (Å²) in [6.07, 6.45) is 7.18. The molecule has 1 N–H and O–H groups in total. The van der Waals surface area contributed by atoms with Crippen molar-refractivity contribution >= 4 is 0 Å². The van der Waals surface area contributed by atoms with E-state index in [0.717, 1.165) is 37.3 Å². The molecular formula is C17H35NO. The molecule has 0 bridgehead atoms. The van der Waals surface area contributed by atoms with E-state index >= 15 is 0 Å². The van der Waals surface area contributed by atoms with Crippen molar-refractivity contribution in [2.24, 2.45) is 17.8 Å². The van der Waals surface area contributed by atoms with Crippen LogP contribution in [-0.2, 0) is 4.74 Å². The summed E-state index contributed by atoms with van der Waals surface area (Å²) in [6, 6.07) is 0. The van der Waals surface area contributed by atoms with E-state index in [1.54, 1.807) is 0 Å². The minimum atomic E-state index is 0.392. The van der Waals surface area contributed by atoms with Crippen LogP contribution in [0.4, 0.5) is 0 Å². The van der Waals surface area contributed by atoms with Gasteiger partial charge in [0.15, 0.2) is 0 Å². The first-order valence-electron chi connectivity index (χ1n) is 8.44. The zero-order valence-electron chi connectivity index (χ0n) is 13.7. The Bertz CT molecular complexity index is 229. The van der Waals surface area contributed by atoms with E-state index in [0.29, 0.717) is 12.2 Å². The van der Waals surface area contributed by atoms with E-state index in [9.17, 15) is 0 Å². The number of rotatable bonds is 8. The molecule has 1 fully saturated rings. The predicted octanol–water partition coefficient (Wildman–Crippen LogP) is 4.24. The predicted molar refractivity (Wildman–Crippen MR) is 83.5 cm³/mol. The second-order valence-corrected chi connectivity index (χ2v) is 6.74. The zero-order valence-corrected chi connectivity index (χ0v) is 13.7. The van der Waals surface area contributed by atoms with Gasteiger partial charge in [-0.2, -0.15) is 0 Å². The van der Waals surface area contributed by atoms with Crippen molar-refractivity contribution in [2.75, 3.05) is 13.1 Å². The summed E-state index contributed by atoms with van der Waals surface area (Å²) in [7, 11) is 0. The van der Waals surface area contributed by atoms with Crippen LogP contribution in [-0.4, -0.2) is 25.3 Å². The summed E-state index contributed by atoms with van der Waals surface area (Å²) in [5.74, 6) is 2.34. The first kappa shape index (κ1) is 17.0. The lowest BCUT2D eigenvalue weighted by Gasteiger charge is -2.39. The summed E-state index contributed by atoms with van der Waals surface area (Å²) >= 11 is 0. The molecule has 0 aromatic rings. The smallest absolute Gasteiger partial charge is 0.0700 e. The normalized spacial score (nSPS) is 29.7. The lowest BCUT2D eigenvalue weighted by Crippen LogP contribution is -2.40. The summed E-state index contributed by atoms with van der Waals surface area (Å²) in [5, 5.41) is 3.51. The average molecular weight is 269 g/mol. The molecule has 1 rings (SSSR count). The standard InChI is InChI=1S/C17H35NO/c1-6-10-18-12-15(7-2)19-17-11-14(5)8-9-16(17)13(3)4/h13-18H,6-12H2,1-5H3. The van der Waals surface area contributed by atoms with Crippen LogP contribution in [0.1, 0.15) is 66.7 Å². The SMILES string of the molecule is CCCNCC(CC)OC1CC(C)CCC1C(C)C. The molecule has 0 aromatic heterocycles. The van der Waals surface area contributed by atoms with Gasteiger partial charge in [-0.25, -0.2) is 0 Å². The Morgan fingerprint density at radius 3 is 2.53 bits per heavy atom. The first-order valence-corrected chi connectivity index (χ1v) is 8.44. The Labute approximate surface area is 120 Å². The number of ether oxygens (including phenoxy) is 1. The van der Waals surface area contributed by atoms with Crippen LogP contribution in [0.25, 0.3) is 0 Å². The van der Waals surface area contributed by atoms with Crippen LogP contribution in [0, 0.1) is 17.8 Å². The molecule has 1 saturated carbocycles. The third-order valence-corrected chi connectivity index (χ3v) is 4.58. The van der Waals surface area contributed by atoms with Gasteiger partial charge in [0.1, 0.15) is 0 Å². The number of hydrogen-bond donors (Lipinski definition) is 1. The molecule has 19 heavy (non-hydrogen) atoms. The average Bonchev–Trinajstić information content (AvgIpc) is 2.37. The summed E-state index contributed by atoms with van der Waals surface area (Å²) in [4.78, 5) is 0. The van der Waals surface area contributed by atoms with Gasteiger partial charge in [0.25, 0.3) is 0 Å². The molecule has 4 atom stereocenters. The highest BCUT2D eigenvalue weighted by molar-refractivity contribution is 4.82. The summed E-state index contributed by atoms with van der Waals surface area (Å²) in [6.45, 7) is 13.7. The third-order valence-electron chi connectivity index (χ3n) is 4.58. The molecular weight excluding hydrogens is 234 g/mol. The lowest BCUT2D eigenvalue weighted by atomic mass is 9.75. The molecule has 0 amide bonds. The van der Waals surface area contributed by atoms with Crippen LogP contribution in [0.5, 0.6) is 0 Å². The van der Waals surface area contributed by atoms with Gasteiger partial charge in [-0.05, 0) is 50.0 Å². The minimum absolute atomic E-state index is 0.392. The molecule has 0 aromatic carbocycles. The number of hydrogen-bond acceptors (Lipinski definition) is 2. The van der Waals surface area contributed by atoms with Gasteiger partial charge in [-0.1, -0.05) is 41.0 Å². The van der Waals surface area contributed by atoms with Gasteiger partial charge in [0, 0.05) is 6.54 Å². The van der Waals surface area contributed by atoms with Crippen molar-refractivity contribution in [1.29, 1.82) is 0 Å². The zero-order chi connectivity index (χ0) is 14.3. The van der Waals surface area contributed by atoms with E-state index in [1.165, 1.54) is 25.7 Å². The van der Waals surface area contributed by atoms with E-state index in [1.807, 2.05) is 0 Å². The van der Waals surface area contributed by atoms with Crippen molar-refractivity contribution in [1.82, 2.24) is 5.32 Å². The monoisotopic (exact) mass is 269 g/mol. The Morgan fingerprint density at radius 2 is 1.95 bits per heavy atom. The van der Waals surface area contributed by atoms with Crippen LogP contribution in [0.2, 0.25) is 0 Å². The van der Waals surface area contributed by atoms with Crippen molar-refractivity contribution in [3.63, 3.8) is 0 Å². The second kappa shape index (κ2) is 8.97.